The fourth-order valence-corrected chi connectivity index (χ4v) is 5.94. The van der Waals surface area contributed by atoms with Gasteiger partial charge >= 0.3 is 19.3 Å². The van der Waals surface area contributed by atoms with Crippen LogP contribution in [0.2, 0.25) is 0 Å². The van der Waals surface area contributed by atoms with Gasteiger partial charge in [0, 0.05) is 12.3 Å². The largest absolute Gasteiger partial charge is 0.465 e. The Morgan fingerprint density at radius 1 is 1.30 bits per heavy atom. The molecule has 1 aliphatic heterocycles. The molecule has 0 spiro atoms. The van der Waals surface area contributed by atoms with Gasteiger partial charge in [0.05, 0.1) is 25.3 Å². The van der Waals surface area contributed by atoms with Gasteiger partial charge in [0.2, 0.25) is 0 Å². The normalized spacial score (nSPS) is 25.8. The monoisotopic (exact) mass is 558 g/mol. The number of aromatic nitrogens is 2. The number of aliphatic hydroxyl groups excluding tert-OH is 1. The number of nitrogens with one attached hydrogen (secondary N) is 1. The standard InChI is InChI=1S/C24H32ClN2O9P/c1-4-5-13-33-21(30)16(2)15-37(32,36-17-9-7-6-8-10-17)34-14-18-20(29)24(3,25)22(35-18)27-12-11-19(28)26-23(27)31/h6-12,16,18,20,22,29H,4-5,13-15H2,1-3H3,(H,26,28,31)/t16-,18+,20+,22+,24+,37?/m0/s1. The van der Waals surface area contributed by atoms with Crippen molar-refractivity contribution < 1.29 is 33.0 Å². The van der Waals surface area contributed by atoms with E-state index in [2.05, 4.69) is 4.98 Å². The van der Waals surface area contributed by atoms with E-state index in [1.165, 1.54) is 13.1 Å². The Morgan fingerprint density at radius 2 is 2.00 bits per heavy atom. The first-order valence-corrected chi connectivity index (χ1v) is 14.1. The molecule has 2 N–H and O–H groups in total. The molecule has 2 heterocycles. The average Bonchev–Trinajstić information content (AvgIpc) is 3.07. The third-order valence-corrected chi connectivity index (χ3v) is 8.32. The Morgan fingerprint density at radius 3 is 2.65 bits per heavy atom. The van der Waals surface area contributed by atoms with E-state index in [1.54, 1.807) is 37.3 Å². The number of benzene rings is 1. The van der Waals surface area contributed by atoms with E-state index in [-0.39, 0.29) is 18.5 Å². The Hall–Kier alpha value is -2.43. The zero-order valence-electron chi connectivity index (χ0n) is 20.9. The fraction of sp³-hybridized carbons (Fsp3) is 0.542. The number of aromatic amines is 1. The molecule has 1 saturated heterocycles. The summed E-state index contributed by atoms with van der Waals surface area (Å²) in [5.41, 5.74) is -1.37. The van der Waals surface area contributed by atoms with Crippen LogP contribution in [-0.2, 0) is 23.4 Å². The molecule has 3 rings (SSSR count). The van der Waals surface area contributed by atoms with E-state index in [1.807, 2.05) is 6.92 Å². The summed E-state index contributed by atoms with van der Waals surface area (Å²) in [4.78, 5) is 36.7. The van der Waals surface area contributed by atoms with Crippen LogP contribution in [0.1, 0.15) is 39.8 Å². The number of hydrogen-bond donors (Lipinski definition) is 2. The van der Waals surface area contributed by atoms with Crippen LogP contribution in [-0.4, -0.2) is 57.1 Å². The lowest BCUT2D eigenvalue weighted by atomic mass is 10.0. The maximum atomic E-state index is 13.8. The Labute approximate surface area is 219 Å². The van der Waals surface area contributed by atoms with E-state index >= 15 is 0 Å². The molecular formula is C24H32ClN2O9P. The second-order valence-corrected chi connectivity index (χ2v) is 11.9. The molecule has 1 aliphatic rings. The van der Waals surface area contributed by atoms with Gasteiger partial charge in [-0.1, -0.05) is 38.5 Å². The van der Waals surface area contributed by atoms with Gasteiger partial charge in [-0.2, -0.15) is 0 Å². The van der Waals surface area contributed by atoms with Crippen LogP contribution in [0.5, 0.6) is 5.75 Å². The Kier molecular flexibility index (Phi) is 9.77. The lowest BCUT2D eigenvalue weighted by Gasteiger charge is -2.26. The summed E-state index contributed by atoms with van der Waals surface area (Å²) in [6.45, 7) is 4.84. The fourth-order valence-electron chi connectivity index (χ4n) is 3.78. The van der Waals surface area contributed by atoms with Crippen LogP contribution in [0.4, 0.5) is 0 Å². The summed E-state index contributed by atoms with van der Waals surface area (Å²) in [7, 11) is -3.97. The van der Waals surface area contributed by atoms with Crippen molar-refractivity contribution in [3.8, 4) is 5.75 Å². The maximum Gasteiger partial charge on any atom is 0.380 e. The molecule has 0 aliphatic carbocycles. The minimum absolute atomic E-state index is 0.256. The van der Waals surface area contributed by atoms with Crippen LogP contribution < -0.4 is 15.8 Å². The quantitative estimate of drug-likeness (QED) is 0.174. The van der Waals surface area contributed by atoms with Gasteiger partial charge in [-0.05, 0) is 25.5 Å². The lowest BCUT2D eigenvalue weighted by molar-refractivity contribution is -0.147. The average molecular weight is 559 g/mol. The van der Waals surface area contributed by atoms with Gasteiger partial charge in [0.25, 0.3) is 5.56 Å². The number of halogens is 1. The zero-order valence-corrected chi connectivity index (χ0v) is 22.5. The highest BCUT2D eigenvalue weighted by Crippen LogP contribution is 2.51. The molecule has 1 aromatic heterocycles. The molecule has 1 aromatic carbocycles. The predicted molar refractivity (Wildman–Crippen MR) is 136 cm³/mol. The molecule has 11 nitrogen and oxygen atoms in total. The third-order valence-electron chi connectivity index (χ3n) is 5.89. The van der Waals surface area contributed by atoms with Crippen LogP contribution >= 0.6 is 19.2 Å². The van der Waals surface area contributed by atoms with Crippen LogP contribution in [0, 0.1) is 5.92 Å². The topological polar surface area (TPSA) is 146 Å². The smallest absolute Gasteiger partial charge is 0.380 e. The Bertz CT molecular complexity index is 1220. The second-order valence-electron chi connectivity index (χ2n) is 9.06. The summed E-state index contributed by atoms with van der Waals surface area (Å²) < 4.78 is 37.3. The lowest BCUT2D eigenvalue weighted by Crippen LogP contribution is -2.43. The van der Waals surface area contributed by atoms with Gasteiger partial charge in [-0.25, -0.2) is 9.36 Å². The van der Waals surface area contributed by atoms with Crippen molar-refractivity contribution in [3.63, 3.8) is 0 Å². The summed E-state index contributed by atoms with van der Waals surface area (Å²) in [5.74, 6) is -1.06. The molecule has 37 heavy (non-hydrogen) atoms. The van der Waals surface area contributed by atoms with Crippen molar-refractivity contribution in [2.45, 2.75) is 56.9 Å². The summed E-state index contributed by atoms with van der Waals surface area (Å²) in [6.07, 6.45) is -1.13. The number of unbranched alkanes of at least 4 members (excludes halogenated alkanes) is 1. The number of nitrogens with zero attached hydrogens (tertiary/aromatic N) is 1. The number of carbonyl (C=O) groups is 1. The van der Waals surface area contributed by atoms with Gasteiger partial charge in [-0.3, -0.25) is 23.7 Å². The van der Waals surface area contributed by atoms with Crippen LogP contribution in [0.15, 0.2) is 52.2 Å². The van der Waals surface area contributed by atoms with E-state index < -0.39 is 60.6 Å². The first-order chi connectivity index (χ1) is 17.5. The number of aliphatic hydroxyl groups is 1. The van der Waals surface area contributed by atoms with Crippen molar-refractivity contribution in [3.05, 3.63) is 63.4 Å². The number of ether oxygens (including phenoxy) is 2. The molecular weight excluding hydrogens is 527 g/mol. The first-order valence-electron chi connectivity index (χ1n) is 12.0. The summed E-state index contributed by atoms with van der Waals surface area (Å²) in [5, 5.41) is 10.8. The minimum Gasteiger partial charge on any atom is -0.465 e. The number of hydrogen-bond acceptors (Lipinski definition) is 9. The molecule has 204 valence electrons. The first kappa shape index (κ1) is 29.1. The highest BCUT2D eigenvalue weighted by Gasteiger charge is 2.54. The number of alkyl halides is 1. The van der Waals surface area contributed by atoms with E-state index in [0.717, 1.165) is 17.1 Å². The van der Waals surface area contributed by atoms with Gasteiger partial charge in [0.1, 0.15) is 22.8 Å². The second kappa shape index (κ2) is 12.4. The van der Waals surface area contributed by atoms with Crippen molar-refractivity contribution >= 4 is 25.2 Å². The van der Waals surface area contributed by atoms with Crippen molar-refractivity contribution in [1.82, 2.24) is 9.55 Å². The molecule has 6 atom stereocenters. The highest BCUT2D eigenvalue weighted by atomic mass is 35.5. The molecule has 1 fully saturated rings. The van der Waals surface area contributed by atoms with Gasteiger partial charge in [-0.15, -0.1) is 11.6 Å². The van der Waals surface area contributed by atoms with Crippen molar-refractivity contribution in [2.24, 2.45) is 5.92 Å². The molecule has 13 heteroatoms. The van der Waals surface area contributed by atoms with E-state index in [9.17, 15) is 24.1 Å². The number of rotatable bonds is 12. The summed E-state index contributed by atoms with van der Waals surface area (Å²) in [6, 6.07) is 9.45. The molecule has 1 unspecified atom stereocenters. The molecule has 2 aromatic rings. The number of esters is 1. The van der Waals surface area contributed by atoms with Gasteiger partial charge in [0.15, 0.2) is 6.23 Å². The number of carbonyl (C=O) groups excluding carboxylic acids is 1. The highest BCUT2D eigenvalue weighted by molar-refractivity contribution is 7.54. The van der Waals surface area contributed by atoms with Crippen LogP contribution in [0.3, 0.4) is 0 Å². The SMILES string of the molecule is CCCCOC(=O)[C@@H](C)CP(=O)(OC[C@H]1O[C@@H](n2ccc(=O)[nH]c2=O)[C@](C)(Cl)[C@@H]1O)Oc1ccccc1. The third kappa shape index (κ3) is 7.33. The number of para-hydroxylation sites is 1. The molecule has 0 bridgehead atoms. The predicted octanol–water partition coefficient (Wildman–Crippen LogP) is 3.06. The number of H-pyrrole nitrogens is 1. The molecule has 0 amide bonds. The van der Waals surface area contributed by atoms with Gasteiger partial charge < -0.3 is 19.1 Å². The minimum atomic E-state index is -3.97. The van der Waals surface area contributed by atoms with Crippen molar-refractivity contribution in [1.29, 1.82) is 0 Å². The Balaban J connectivity index is 1.77. The van der Waals surface area contributed by atoms with Crippen molar-refractivity contribution in [2.75, 3.05) is 19.4 Å². The maximum absolute atomic E-state index is 13.8. The van der Waals surface area contributed by atoms with E-state index in [0.29, 0.717) is 6.42 Å². The van der Waals surface area contributed by atoms with Crippen LogP contribution in [0.25, 0.3) is 0 Å². The van der Waals surface area contributed by atoms with E-state index in [4.69, 9.17) is 30.1 Å². The molecule has 0 saturated carbocycles. The summed E-state index contributed by atoms with van der Waals surface area (Å²) >= 11 is 6.55. The zero-order chi connectivity index (χ0) is 27.2. The molecule has 0 radical (unpaired) electrons.